The van der Waals surface area contributed by atoms with Gasteiger partial charge < -0.3 is 21.3 Å². The second-order valence-electron chi connectivity index (χ2n) is 4.52. The molecule has 0 saturated carbocycles. The van der Waals surface area contributed by atoms with Crippen molar-refractivity contribution in [2.45, 2.75) is 6.10 Å². The van der Waals surface area contributed by atoms with Crippen molar-refractivity contribution in [3.63, 3.8) is 0 Å². The van der Waals surface area contributed by atoms with Gasteiger partial charge >= 0.3 is 0 Å². The second-order valence-corrected chi connectivity index (χ2v) is 4.92. The Morgan fingerprint density at radius 1 is 1.41 bits per heavy atom. The molecular formula is C14H15ClN4O3. The molecule has 1 aromatic carbocycles. The summed E-state index contributed by atoms with van der Waals surface area (Å²) >= 11 is 6.09. The van der Waals surface area contributed by atoms with Gasteiger partial charge in [0.2, 0.25) is 0 Å². The average molecular weight is 323 g/mol. The Morgan fingerprint density at radius 2 is 2.14 bits per heavy atom. The van der Waals surface area contributed by atoms with E-state index in [0.29, 0.717) is 16.3 Å². The summed E-state index contributed by atoms with van der Waals surface area (Å²) in [7, 11) is 0. The number of nitrogens with zero attached hydrogens (tertiary/aromatic N) is 2. The summed E-state index contributed by atoms with van der Waals surface area (Å²) in [4.78, 5) is 20.2. The fourth-order valence-electron chi connectivity index (χ4n) is 1.72. The van der Waals surface area contributed by atoms with Crippen LogP contribution in [0.5, 0.6) is 0 Å². The summed E-state index contributed by atoms with van der Waals surface area (Å²) in [6.45, 7) is -0.576. The molecule has 1 atom stereocenters. The van der Waals surface area contributed by atoms with E-state index in [2.05, 4.69) is 15.3 Å². The molecule has 22 heavy (non-hydrogen) atoms. The van der Waals surface area contributed by atoms with Crippen molar-refractivity contribution in [3.05, 3.63) is 41.2 Å². The van der Waals surface area contributed by atoms with E-state index in [9.17, 15) is 9.90 Å². The Hall–Kier alpha value is -2.22. The zero-order valence-electron chi connectivity index (χ0n) is 11.5. The van der Waals surface area contributed by atoms with Gasteiger partial charge in [0.25, 0.3) is 5.91 Å². The molecule has 2 rings (SSSR count). The number of hydrogen-bond donors (Lipinski definition) is 4. The van der Waals surface area contributed by atoms with Crippen LogP contribution in [0.3, 0.4) is 0 Å². The van der Waals surface area contributed by atoms with Crippen LogP contribution in [0.25, 0.3) is 11.3 Å². The minimum atomic E-state index is -1.05. The van der Waals surface area contributed by atoms with Crippen LogP contribution >= 0.6 is 11.6 Å². The van der Waals surface area contributed by atoms with E-state index in [1.54, 1.807) is 24.3 Å². The molecule has 0 aliphatic carbocycles. The lowest BCUT2D eigenvalue weighted by atomic mass is 10.1. The number of carbonyl (C=O) groups excluding carboxylic acids is 1. The highest BCUT2D eigenvalue weighted by Crippen LogP contribution is 2.26. The Labute approximate surface area is 131 Å². The van der Waals surface area contributed by atoms with Crippen molar-refractivity contribution in [2.24, 2.45) is 0 Å². The number of halogens is 1. The van der Waals surface area contributed by atoms with Gasteiger partial charge in [0.05, 0.1) is 29.6 Å². The lowest BCUT2D eigenvalue weighted by Gasteiger charge is -2.11. The average Bonchev–Trinajstić information content (AvgIpc) is 2.53. The number of nitrogens with one attached hydrogen (secondary N) is 1. The Kier molecular flexibility index (Phi) is 5.26. The smallest absolute Gasteiger partial charge is 0.273 e. The SMILES string of the molecule is Nc1ncc(-c2ccccc2Cl)nc1C(=O)NC[C@@H](O)CO. The molecule has 1 aromatic heterocycles. The number of nitrogen functional groups attached to an aromatic ring is 1. The lowest BCUT2D eigenvalue weighted by Crippen LogP contribution is -2.34. The summed E-state index contributed by atoms with van der Waals surface area (Å²) in [6, 6.07) is 7.02. The molecule has 0 saturated heterocycles. The van der Waals surface area contributed by atoms with Crippen LogP contribution < -0.4 is 11.1 Å². The molecule has 0 spiro atoms. The normalized spacial score (nSPS) is 12.0. The largest absolute Gasteiger partial charge is 0.394 e. The van der Waals surface area contributed by atoms with E-state index < -0.39 is 18.6 Å². The first-order valence-corrected chi connectivity index (χ1v) is 6.85. The van der Waals surface area contributed by atoms with Crippen LogP contribution in [-0.4, -0.2) is 45.3 Å². The third-order valence-corrected chi connectivity index (χ3v) is 3.20. The maximum Gasteiger partial charge on any atom is 0.273 e. The van der Waals surface area contributed by atoms with Crippen LogP contribution in [0.1, 0.15) is 10.5 Å². The van der Waals surface area contributed by atoms with Crippen molar-refractivity contribution in [1.82, 2.24) is 15.3 Å². The molecule has 1 heterocycles. The lowest BCUT2D eigenvalue weighted by molar-refractivity contribution is 0.0799. The monoisotopic (exact) mass is 322 g/mol. The molecule has 116 valence electrons. The first-order chi connectivity index (χ1) is 10.5. The van der Waals surface area contributed by atoms with Gasteiger partial charge in [-0.3, -0.25) is 4.79 Å². The molecule has 0 unspecified atom stereocenters. The van der Waals surface area contributed by atoms with Gasteiger partial charge in [0.1, 0.15) is 0 Å². The third kappa shape index (κ3) is 3.70. The van der Waals surface area contributed by atoms with Crippen LogP contribution in [0.4, 0.5) is 5.82 Å². The Balaban J connectivity index is 2.27. The molecule has 0 bridgehead atoms. The summed E-state index contributed by atoms with van der Waals surface area (Å²) in [6.07, 6.45) is 0.375. The molecular weight excluding hydrogens is 308 g/mol. The van der Waals surface area contributed by atoms with Crippen LogP contribution in [-0.2, 0) is 0 Å². The Morgan fingerprint density at radius 3 is 2.82 bits per heavy atom. The van der Waals surface area contributed by atoms with Crippen LogP contribution in [0, 0.1) is 0 Å². The predicted octanol–water partition coefficient (Wildman–Crippen LogP) is 0.462. The first kappa shape index (κ1) is 16.2. The highest BCUT2D eigenvalue weighted by atomic mass is 35.5. The predicted molar refractivity (Wildman–Crippen MR) is 82.3 cm³/mol. The number of amides is 1. The van der Waals surface area contributed by atoms with Gasteiger partial charge in [0.15, 0.2) is 11.5 Å². The topological polar surface area (TPSA) is 121 Å². The standard InChI is InChI=1S/C14H15ClN4O3/c15-10-4-2-1-3-9(10)11-6-17-13(16)12(19-11)14(22)18-5-8(21)7-20/h1-4,6,8,20-21H,5,7H2,(H2,16,17)(H,18,22)/t8-/m1/s1. The minimum absolute atomic E-state index is 0.0354. The fraction of sp³-hybridized carbons (Fsp3) is 0.214. The number of aromatic nitrogens is 2. The van der Waals surface area contributed by atoms with Crippen LogP contribution in [0.15, 0.2) is 30.5 Å². The van der Waals surface area contributed by atoms with Crippen molar-refractivity contribution < 1.29 is 15.0 Å². The summed E-state index contributed by atoms with van der Waals surface area (Å²) in [5.41, 5.74) is 6.63. The van der Waals surface area contributed by atoms with Crippen LogP contribution in [0.2, 0.25) is 5.02 Å². The fourth-order valence-corrected chi connectivity index (χ4v) is 1.96. The number of aliphatic hydroxyl groups is 2. The quantitative estimate of drug-likeness (QED) is 0.634. The van der Waals surface area contributed by atoms with Gasteiger partial charge in [-0.1, -0.05) is 29.8 Å². The summed E-state index contributed by atoms with van der Waals surface area (Å²) < 4.78 is 0. The van der Waals surface area contributed by atoms with Gasteiger partial charge in [-0.2, -0.15) is 0 Å². The van der Waals surface area contributed by atoms with Crippen molar-refractivity contribution in [1.29, 1.82) is 0 Å². The van der Waals surface area contributed by atoms with Gasteiger partial charge in [-0.15, -0.1) is 0 Å². The molecule has 8 heteroatoms. The summed E-state index contributed by atoms with van der Waals surface area (Å²) in [5, 5.41) is 20.9. The first-order valence-electron chi connectivity index (χ1n) is 6.47. The van der Waals surface area contributed by atoms with Crippen molar-refractivity contribution in [2.75, 3.05) is 18.9 Å². The molecule has 1 amide bonds. The highest BCUT2D eigenvalue weighted by molar-refractivity contribution is 6.33. The zero-order chi connectivity index (χ0) is 16.1. The number of nitrogens with two attached hydrogens (primary N) is 1. The number of carbonyl (C=O) groups is 1. The van der Waals surface area contributed by atoms with Gasteiger partial charge in [-0.25, -0.2) is 9.97 Å². The maximum absolute atomic E-state index is 12.0. The Bertz CT molecular complexity index is 681. The number of benzene rings is 1. The van der Waals surface area contributed by atoms with E-state index in [-0.39, 0.29) is 18.1 Å². The molecule has 5 N–H and O–H groups in total. The van der Waals surface area contributed by atoms with Gasteiger partial charge in [-0.05, 0) is 6.07 Å². The van der Waals surface area contributed by atoms with E-state index in [1.807, 2.05) is 0 Å². The van der Waals surface area contributed by atoms with Crippen molar-refractivity contribution in [3.8, 4) is 11.3 Å². The second kappa shape index (κ2) is 7.17. The molecule has 7 nitrogen and oxygen atoms in total. The number of rotatable bonds is 5. The molecule has 0 radical (unpaired) electrons. The molecule has 0 fully saturated rings. The van der Waals surface area contributed by atoms with E-state index in [1.165, 1.54) is 6.20 Å². The number of anilines is 1. The maximum atomic E-state index is 12.0. The van der Waals surface area contributed by atoms with E-state index in [0.717, 1.165) is 0 Å². The molecule has 0 aliphatic rings. The zero-order valence-corrected chi connectivity index (χ0v) is 12.3. The van der Waals surface area contributed by atoms with E-state index >= 15 is 0 Å². The molecule has 0 aliphatic heterocycles. The number of aliphatic hydroxyl groups excluding tert-OH is 2. The van der Waals surface area contributed by atoms with Gasteiger partial charge in [0, 0.05) is 12.1 Å². The summed E-state index contributed by atoms with van der Waals surface area (Å²) in [5.74, 6) is -0.627. The minimum Gasteiger partial charge on any atom is -0.394 e. The third-order valence-electron chi connectivity index (χ3n) is 2.87. The number of hydrogen-bond acceptors (Lipinski definition) is 6. The van der Waals surface area contributed by atoms with E-state index in [4.69, 9.17) is 22.4 Å². The van der Waals surface area contributed by atoms with Crippen molar-refractivity contribution >= 4 is 23.3 Å². The molecule has 2 aromatic rings. The highest BCUT2D eigenvalue weighted by Gasteiger charge is 2.16.